The number of benzene rings is 3. The zero-order valence-electron chi connectivity index (χ0n) is 18.1. The molecule has 3 aromatic carbocycles. The summed E-state index contributed by atoms with van der Waals surface area (Å²) in [5.41, 5.74) is 11.7. The van der Waals surface area contributed by atoms with Crippen LogP contribution in [-0.2, 0) is 12.6 Å². The fourth-order valence-corrected chi connectivity index (χ4v) is 4.59. The van der Waals surface area contributed by atoms with E-state index in [2.05, 4.69) is 22.3 Å². The summed E-state index contributed by atoms with van der Waals surface area (Å²) in [6.07, 6.45) is 1.65. The van der Waals surface area contributed by atoms with Crippen LogP contribution in [0.25, 0.3) is 22.0 Å². The van der Waals surface area contributed by atoms with Crippen molar-refractivity contribution in [1.82, 2.24) is 19.7 Å². The Labute approximate surface area is 201 Å². The number of hydrogen-bond donors (Lipinski definition) is 1. The summed E-state index contributed by atoms with van der Waals surface area (Å²) in [7, 11) is 1.89. The molecule has 0 aliphatic heterocycles. The van der Waals surface area contributed by atoms with Crippen LogP contribution >= 0.6 is 23.2 Å². The van der Waals surface area contributed by atoms with E-state index in [4.69, 9.17) is 33.9 Å². The van der Waals surface area contributed by atoms with Crippen molar-refractivity contribution >= 4 is 34.1 Å². The fraction of sp³-hybridized carbons (Fsp3) is 0.115. The predicted molar refractivity (Wildman–Crippen MR) is 133 cm³/mol. The second kappa shape index (κ2) is 8.27. The minimum absolute atomic E-state index is 0.619. The average molecular weight is 474 g/mol. The SMILES string of the molecule is Cc1cc(-c2cccc(Cl)c2)c2cc(C(N)(c3ccc(Cl)cc3)c3nncn3C)ccc2n1. The van der Waals surface area contributed by atoms with Gasteiger partial charge in [0.2, 0.25) is 0 Å². The molecular formula is C26H21Cl2N5. The van der Waals surface area contributed by atoms with Gasteiger partial charge in [0.1, 0.15) is 11.9 Å². The highest BCUT2D eigenvalue weighted by Gasteiger charge is 2.36. The lowest BCUT2D eigenvalue weighted by molar-refractivity contribution is 0.571. The molecule has 0 bridgehead atoms. The number of nitrogens with zero attached hydrogens (tertiary/aromatic N) is 4. The van der Waals surface area contributed by atoms with Crippen LogP contribution in [0, 0.1) is 6.92 Å². The molecule has 2 aromatic heterocycles. The van der Waals surface area contributed by atoms with Crippen molar-refractivity contribution in [3.63, 3.8) is 0 Å². The monoisotopic (exact) mass is 473 g/mol. The second-order valence-electron chi connectivity index (χ2n) is 8.13. The Bertz CT molecular complexity index is 1480. The number of pyridine rings is 1. The molecular weight excluding hydrogens is 453 g/mol. The highest BCUT2D eigenvalue weighted by molar-refractivity contribution is 6.31. The molecule has 5 nitrogen and oxygen atoms in total. The summed E-state index contributed by atoms with van der Waals surface area (Å²) in [5.74, 6) is 0.619. The second-order valence-corrected chi connectivity index (χ2v) is 9.01. The van der Waals surface area contributed by atoms with E-state index in [0.717, 1.165) is 38.9 Å². The molecule has 33 heavy (non-hydrogen) atoms. The molecule has 0 aliphatic rings. The van der Waals surface area contributed by atoms with E-state index in [1.54, 1.807) is 6.33 Å². The van der Waals surface area contributed by atoms with Crippen molar-refractivity contribution in [2.45, 2.75) is 12.5 Å². The Morgan fingerprint density at radius 2 is 1.64 bits per heavy atom. The zero-order valence-corrected chi connectivity index (χ0v) is 19.6. The maximum Gasteiger partial charge on any atom is 0.161 e. The normalized spacial score (nSPS) is 13.2. The number of nitrogens with two attached hydrogens (primary N) is 1. The third kappa shape index (κ3) is 3.78. The van der Waals surface area contributed by atoms with Crippen LogP contribution in [0.1, 0.15) is 22.6 Å². The van der Waals surface area contributed by atoms with Gasteiger partial charge in [-0.3, -0.25) is 4.98 Å². The van der Waals surface area contributed by atoms with Crippen molar-refractivity contribution in [1.29, 1.82) is 0 Å². The summed E-state index contributed by atoms with van der Waals surface area (Å²) >= 11 is 12.5. The average Bonchev–Trinajstić information content (AvgIpc) is 3.24. The molecule has 164 valence electrons. The molecule has 1 atom stereocenters. The molecule has 0 saturated carbocycles. The number of aromatic nitrogens is 4. The van der Waals surface area contributed by atoms with E-state index in [0.29, 0.717) is 15.9 Å². The lowest BCUT2D eigenvalue weighted by Crippen LogP contribution is -2.41. The maximum absolute atomic E-state index is 7.18. The molecule has 0 aliphatic carbocycles. The standard InChI is InChI=1S/C26H21Cl2N5/c1-16-12-22(17-4-3-5-21(28)13-17)23-14-19(8-11-24(23)31-16)26(29,25-32-30-15-33(25)2)18-6-9-20(27)10-7-18/h3-15H,29H2,1-2H3. The van der Waals surface area contributed by atoms with Crippen LogP contribution in [0.3, 0.4) is 0 Å². The molecule has 5 aromatic rings. The van der Waals surface area contributed by atoms with Crippen molar-refractivity contribution in [2.75, 3.05) is 0 Å². The lowest BCUT2D eigenvalue weighted by Gasteiger charge is -2.30. The summed E-state index contributed by atoms with van der Waals surface area (Å²) in [5, 5.41) is 10.8. The van der Waals surface area contributed by atoms with Crippen molar-refractivity contribution in [3.05, 3.63) is 112 Å². The van der Waals surface area contributed by atoms with Crippen molar-refractivity contribution < 1.29 is 0 Å². The Kier molecular flexibility index (Phi) is 5.41. The smallest absolute Gasteiger partial charge is 0.161 e. The number of halogens is 2. The molecule has 2 N–H and O–H groups in total. The van der Waals surface area contributed by atoms with Gasteiger partial charge in [0, 0.05) is 28.2 Å². The van der Waals surface area contributed by atoms with E-state index >= 15 is 0 Å². The number of rotatable bonds is 4. The molecule has 7 heteroatoms. The number of hydrogen-bond acceptors (Lipinski definition) is 4. The van der Waals surface area contributed by atoms with Gasteiger partial charge in [0.25, 0.3) is 0 Å². The molecule has 0 fully saturated rings. The van der Waals surface area contributed by atoms with Crippen molar-refractivity contribution in [2.24, 2.45) is 12.8 Å². The Hall–Kier alpha value is -3.25. The highest BCUT2D eigenvalue weighted by Crippen LogP contribution is 2.37. The number of fused-ring (bicyclic) bond motifs is 1. The lowest BCUT2D eigenvalue weighted by atomic mass is 9.81. The first-order valence-corrected chi connectivity index (χ1v) is 11.2. The van der Waals surface area contributed by atoms with E-state index in [-0.39, 0.29) is 0 Å². The van der Waals surface area contributed by atoms with Gasteiger partial charge in [-0.25, -0.2) is 0 Å². The quantitative estimate of drug-likeness (QED) is 0.352. The molecule has 2 heterocycles. The largest absolute Gasteiger partial charge is 0.319 e. The minimum Gasteiger partial charge on any atom is -0.319 e. The van der Waals surface area contributed by atoms with Gasteiger partial charge in [-0.2, -0.15) is 0 Å². The first kappa shape index (κ1) is 21.6. The van der Waals surface area contributed by atoms with Crippen LogP contribution in [0.15, 0.2) is 79.1 Å². The first-order chi connectivity index (χ1) is 15.9. The minimum atomic E-state index is -1.06. The van der Waals surface area contributed by atoms with Gasteiger partial charge >= 0.3 is 0 Å². The molecule has 0 spiro atoms. The molecule has 0 saturated heterocycles. The Morgan fingerprint density at radius 1 is 0.879 bits per heavy atom. The van der Waals surface area contributed by atoms with E-state index in [1.807, 2.05) is 79.2 Å². The number of aryl methyl sites for hydroxylation is 2. The summed E-state index contributed by atoms with van der Waals surface area (Å²) in [6, 6.07) is 23.5. The maximum atomic E-state index is 7.18. The Balaban J connectivity index is 1.80. The Morgan fingerprint density at radius 3 is 2.33 bits per heavy atom. The summed E-state index contributed by atoms with van der Waals surface area (Å²) in [6.45, 7) is 1.99. The van der Waals surface area contributed by atoms with Crippen LogP contribution in [-0.4, -0.2) is 19.7 Å². The fourth-order valence-electron chi connectivity index (χ4n) is 4.28. The van der Waals surface area contributed by atoms with Crippen LogP contribution in [0.4, 0.5) is 0 Å². The zero-order chi connectivity index (χ0) is 23.2. The van der Waals surface area contributed by atoms with E-state index in [1.165, 1.54) is 0 Å². The van der Waals surface area contributed by atoms with Gasteiger partial charge in [0.15, 0.2) is 5.82 Å². The van der Waals surface area contributed by atoms with E-state index < -0.39 is 5.54 Å². The van der Waals surface area contributed by atoms with Crippen LogP contribution in [0.2, 0.25) is 10.0 Å². The molecule has 5 rings (SSSR count). The van der Waals surface area contributed by atoms with Gasteiger partial charge in [0.05, 0.1) is 5.52 Å². The van der Waals surface area contributed by atoms with Gasteiger partial charge in [-0.15, -0.1) is 10.2 Å². The first-order valence-electron chi connectivity index (χ1n) is 10.4. The summed E-state index contributed by atoms with van der Waals surface area (Å²) < 4.78 is 1.84. The van der Waals surface area contributed by atoms with Gasteiger partial charge < -0.3 is 10.3 Å². The van der Waals surface area contributed by atoms with Gasteiger partial charge in [-0.05, 0) is 71.6 Å². The molecule has 1 unspecified atom stereocenters. The highest BCUT2D eigenvalue weighted by atomic mass is 35.5. The predicted octanol–water partition coefficient (Wildman–Crippen LogP) is 5.90. The third-order valence-corrected chi connectivity index (χ3v) is 6.38. The van der Waals surface area contributed by atoms with Gasteiger partial charge in [-0.1, -0.05) is 53.5 Å². The van der Waals surface area contributed by atoms with Crippen molar-refractivity contribution in [3.8, 4) is 11.1 Å². The third-order valence-electron chi connectivity index (χ3n) is 5.89. The van der Waals surface area contributed by atoms with E-state index in [9.17, 15) is 0 Å². The topological polar surface area (TPSA) is 69.6 Å². The molecule has 0 amide bonds. The summed E-state index contributed by atoms with van der Waals surface area (Å²) in [4.78, 5) is 4.75. The van der Waals surface area contributed by atoms with Crippen LogP contribution < -0.4 is 5.73 Å². The molecule has 0 radical (unpaired) electrons. The van der Waals surface area contributed by atoms with Crippen LogP contribution in [0.5, 0.6) is 0 Å².